The zero-order valence-electron chi connectivity index (χ0n) is 12.7. The number of carbonyl (C=O) groups excluding carboxylic acids is 1. The van der Waals surface area contributed by atoms with Crippen LogP contribution in [-0.2, 0) is 0 Å². The van der Waals surface area contributed by atoms with E-state index in [-0.39, 0.29) is 17.6 Å². The molecule has 0 aliphatic carbocycles. The Labute approximate surface area is 120 Å². The maximum atomic E-state index is 13.6. The van der Waals surface area contributed by atoms with Gasteiger partial charge in [0.15, 0.2) is 0 Å². The van der Waals surface area contributed by atoms with Crippen molar-refractivity contribution in [3.8, 4) is 0 Å². The highest BCUT2D eigenvalue weighted by Crippen LogP contribution is 2.19. The molecular weight excluding hydrogens is 257 g/mol. The van der Waals surface area contributed by atoms with Crippen LogP contribution in [0.25, 0.3) is 0 Å². The highest BCUT2D eigenvalue weighted by atomic mass is 19.1. The van der Waals surface area contributed by atoms with E-state index in [1.54, 1.807) is 19.2 Å². The third-order valence-corrected chi connectivity index (χ3v) is 3.31. The number of nitrogens with one attached hydrogen (secondary N) is 2. The lowest BCUT2D eigenvalue weighted by molar-refractivity contribution is 0.0930. The number of hydrogen-bond acceptors (Lipinski definition) is 3. The van der Waals surface area contributed by atoms with Gasteiger partial charge in [-0.05, 0) is 32.1 Å². The second kappa shape index (κ2) is 7.85. The van der Waals surface area contributed by atoms with E-state index >= 15 is 0 Å². The Hall–Kier alpha value is -1.62. The quantitative estimate of drug-likeness (QED) is 0.806. The number of rotatable bonds is 7. The summed E-state index contributed by atoms with van der Waals surface area (Å²) in [5, 5.41) is 5.64. The molecule has 0 aliphatic heterocycles. The molecule has 4 nitrogen and oxygen atoms in total. The number of nitrogens with zero attached hydrogens (tertiary/aromatic N) is 1. The highest BCUT2D eigenvalue weighted by molar-refractivity contribution is 5.99. The fourth-order valence-electron chi connectivity index (χ4n) is 2.18. The predicted octanol–water partition coefficient (Wildman–Crippen LogP) is 2.33. The van der Waals surface area contributed by atoms with Crippen LogP contribution in [0.3, 0.4) is 0 Å². The van der Waals surface area contributed by atoms with Crippen LogP contribution in [0.2, 0.25) is 0 Å². The Balaban J connectivity index is 2.74. The Bertz CT molecular complexity index is 447. The van der Waals surface area contributed by atoms with Gasteiger partial charge >= 0.3 is 0 Å². The Kier molecular flexibility index (Phi) is 6.45. The van der Waals surface area contributed by atoms with E-state index in [1.807, 2.05) is 6.92 Å². The number of para-hydroxylation sites is 1. The van der Waals surface area contributed by atoms with Gasteiger partial charge in [0.1, 0.15) is 5.82 Å². The summed E-state index contributed by atoms with van der Waals surface area (Å²) in [4.78, 5) is 14.4. The molecule has 0 heterocycles. The number of halogens is 1. The minimum atomic E-state index is -0.420. The van der Waals surface area contributed by atoms with Crippen LogP contribution in [-0.4, -0.2) is 43.5 Å². The lowest BCUT2D eigenvalue weighted by atomic mass is 10.1. The summed E-state index contributed by atoms with van der Waals surface area (Å²) in [6.07, 6.45) is 0. The zero-order valence-corrected chi connectivity index (χ0v) is 12.7. The molecule has 0 bridgehead atoms. The number of amides is 1. The van der Waals surface area contributed by atoms with Crippen LogP contribution in [0.5, 0.6) is 0 Å². The highest BCUT2D eigenvalue weighted by Gasteiger charge is 2.16. The van der Waals surface area contributed by atoms with Crippen molar-refractivity contribution in [2.45, 2.75) is 26.8 Å². The monoisotopic (exact) mass is 281 g/mol. The van der Waals surface area contributed by atoms with Gasteiger partial charge < -0.3 is 15.5 Å². The first kappa shape index (κ1) is 16.4. The molecule has 0 aliphatic rings. The van der Waals surface area contributed by atoms with Crippen molar-refractivity contribution in [2.75, 3.05) is 32.0 Å². The maximum Gasteiger partial charge on any atom is 0.253 e. The average molecular weight is 281 g/mol. The van der Waals surface area contributed by atoms with Crippen LogP contribution < -0.4 is 10.6 Å². The second-order valence-electron chi connectivity index (χ2n) is 4.77. The molecule has 1 atom stereocenters. The molecule has 5 heteroatoms. The SMILES string of the molecule is CCN(CC)CC(C)NC(=O)c1cccc(F)c1NC. The molecule has 0 saturated heterocycles. The summed E-state index contributed by atoms with van der Waals surface area (Å²) < 4.78 is 13.6. The van der Waals surface area contributed by atoms with E-state index in [0.29, 0.717) is 5.56 Å². The average Bonchev–Trinajstić information content (AvgIpc) is 2.44. The molecule has 1 amide bonds. The molecule has 0 spiro atoms. The Morgan fingerprint density at radius 3 is 2.55 bits per heavy atom. The van der Waals surface area contributed by atoms with Gasteiger partial charge in [0.25, 0.3) is 5.91 Å². The van der Waals surface area contributed by atoms with E-state index in [0.717, 1.165) is 19.6 Å². The van der Waals surface area contributed by atoms with Gasteiger partial charge in [0.05, 0.1) is 11.3 Å². The predicted molar refractivity (Wildman–Crippen MR) is 80.7 cm³/mol. The maximum absolute atomic E-state index is 13.6. The molecule has 0 saturated carbocycles. The summed E-state index contributed by atoms with van der Waals surface area (Å²) in [5.74, 6) is -0.676. The van der Waals surface area contributed by atoms with E-state index in [2.05, 4.69) is 29.4 Å². The number of benzene rings is 1. The first-order valence-corrected chi connectivity index (χ1v) is 7.02. The molecule has 1 rings (SSSR count). The summed E-state index contributed by atoms with van der Waals surface area (Å²) in [6.45, 7) is 8.79. The second-order valence-corrected chi connectivity index (χ2v) is 4.77. The number of anilines is 1. The molecular formula is C15H24FN3O. The fourth-order valence-corrected chi connectivity index (χ4v) is 2.18. The summed E-state index contributed by atoms with van der Waals surface area (Å²) in [7, 11) is 1.61. The lowest BCUT2D eigenvalue weighted by Crippen LogP contribution is -2.42. The molecule has 0 fully saturated rings. The first-order valence-electron chi connectivity index (χ1n) is 7.02. The van der Waals surface area contributed by atoms with Crippen molar-refractivity contribution in [1.29, 1.82) is 0 Å². The van der Waals surface area contributed by atoms with Crippen molar-refractivity contribution in [1.82, 2.24) is 10.2 Å². The van der Waals surface area contributed by atoms with Crippen molar-refractivity contribution in [2.24, 2.45) is 0 Å². The van der Waals surface area contributed by atoms with Crippen molar-refractivity contribution >= 4 is 11.6 Å². The molecule has 1 aromatic carbocycles. The molecule has 20 heavy (non-hydrogen) atoms. The first-order chi connectivity index (χ1) is 9.53. The Morgan fingerprint density at radius 2 is 2.00 bits per heavy atom. The molecule has 2 N–H and O–H groups in total. The lowest BCUT2D eigenvalue weighted by Gasteiger charge is -2.23. The molecule has 0 radical (unpaired) electrons. The van der Waals surface area contributed by atoms with Crippen molar-refractivity contribution < 1.29 is 9.18 Å². The van der Waals surface area contributed by atoms with Gasteiger partial charge in [0.2, 0.25) is 0 Å². The van der Waals surface area contributed by atoms with Crippen LogP contribution in [0, 0.1) is 5.82 Å². The van der Waals surface area contributed by atoms with Gasteiger partial charge in [-0.25, -0.2) is 4.39 Å². The van der Waals surface area contributed by atoms with E-state index in [4.69, 9.17) is 0 Å². The smallest absolute Gasteiger partial charge is 0.253 e. The normalized spacial score (nSPS) is 12.3. The third kappa shape index (κ3) is 4.20. The zero-order chi connectivity index (χ0) is 15.1. The number of hydrogen-bond donors (Lipinski definition) is 2. The Morgan fingerprint density at radius 1 is 1.35 bits per heavy atom. The topological polar surface area (TPSA) is 44.4 Å². The minimum Gasteiger partial charge on any atom is -0.385 e. The van der Waals surface area contributed by atoms with Crippen molar-refractivity contribution in [3.05, 3.63) is 29.6 Å². The van der Waals surface area contributed by atoms with Crippen molar-refractivity contribution in [3.63, 3.8) is 0 Å². The molecule has 112 valence electrons. The number of likely N-dealkylation sites (N-methyl/N-ethyl adjacent to an activating group) is 1. The van der Waals surface area contributed by atoms with Gasteiger partial charge in [0, 0.05) is 19.6 Å². The van der Waals surface area contributed by atoms with Gasteiger partial charge in [-0.3, -0.25) is 4.79 Å². The minimum absolute atomic E-state index is 0.00961. The number of carbonyl (C=O) groups is 1. The largest absolute Gasteiger partial charge is 0.385 e. The van der Waals surface area contributed by atoms with Gasteiger partial charge in [-0.2, -0.15) is 0 Å². The third-order valence-electron chi connectivity index (χ3n) is 3.31. The summed E-state index contributed by atoms with van der Waals surface area (Å²) >= 11 is 0. The summed E-state index contributed by atoms with van der Waals surface area (Å²) in [5.41, 5.74) is 0.568. The van der Waals surface area contributed by atoms with Crippen LogP contribution in [0.15, 0.2) is 18.2 Å². The molecule has 1 aromatic rings. The van der Waals surface area contributed by atoms with Gasteiger partial charge in [-0.15, -0.1) is 0 Å². The van der Waals surface area contributed by atoms with E-state index in [9.17, 15) is 9.18 Å². The van der Waals surface area contributed by atoms with Gasteiger partial charge in [-0.1, -0.05) is 19.9 Å². The fraction of sp³-hybridized carbons (Fsp3) is 0.533. The van der Waals surface area contributed by atoms with Crippen LogP contribution >= 0.6 is 0 Å². The van der Waals surface area contributed by atoms with Crippen LogP contribution in [0.4, 0.5) is 10.1 Å². The van der Waals surface area contributed by atoms with Crippen LogP contribution in [0.1, 0.15) is 31.1 Å². The molecule has 1 unspecified atom stereocenters. The molecule has 0 aromatic heterocycles. The standard InChI is InChI=1S/C15H24FN3O/c1-5-19(6-2)10-11(3)18-15(20)12-8-7-9-13(16)14(12)17-4/h7-9,11,17H,5-6,10H2,1-4H3,(H,18,20). The van der Waals surface area contributed by atoms with E-state index < -0.39 is 5.82 Å². The van der Waals surface area contributed by atoms with E-state index in [1.165, 1.54) is 6.07 Å². The summed E-state index contributed by atoms with van der Waals surface area (Å²) in [6, 6.07) is 4.51.